The van der Waals surface area contributed by atoms with E-state index in [1.165, 1.54) is 5.56 Å². The van der Waals surface area contributed by atoms with Crippen LogP contribution in [0.1, 0.15) is 25.2 Å². The lowest BCUT2D eigenvalue weighted by atomic mass is 9.86. The van der Waals surface area contributed by atoms with Crippen molar-refractivity contribution in [3.8, 4) is 22.8 Å². The lowest BCUT2D eigenvalue weighted by Crippen LogP contribution is -2.28. The van der Waals surface area contributed by atoms with E-state index in [1.807, 2.05) is 24.3 Å². The number of aryl methyl sites for hydroxylation is 2. The smallest absolute Gasteiger partial charge is 0.286 e. The molecule has 0 unspecified atom stereocenters. The monoisotopic (exact) mass is 357 g/mol. The first-order valence-electron chi connectivity index (χ1n) is 9.20. The first-order chi connectivity index (χ1) is 13.0. The van der Waals surface area contributed by atoms with Crippen molar-refractivity contribution >= 4 is 0 Å². The number of aromatic amines is 1. The van der Waals surface area contributed by atoms with E-state index in [0.29, 0.717) is 0 Å². The molecule has 4 aromatic rings. The Labute approximate surface area is 160 Å². The second-order valence-corrected chi connectivity index (χ2v) is 7.54. The van der Waals surface area contributed by atoms with Crippen molar-refractivity contribution in [2.45, 2.75) is 19.3 Å². The van der Waals surface area contributed by atoms with Crippen LogP contribution < -0.4 is 4.57 Å². The Balaban J connectivity index is 1.75. The lowest BCUT2D eigenvalue weighted by molar-refractivity contribution is -0.659. The Morgan fingerprint density at radius 1 is 0.926 bits per heavy atom. The van der Waals surface area contributed by atoms with Crippen molar-refractivity contribution in [3.05, 3.63) is 84.4 Å². The van der Waals surface area contributed by atoms with E-state index in [1.54, 1.807) is 0 Å². The zero-order valence-electron chi connectivity index (χ0n) is 16.3. The fourth-order valence-corrected chi connectivity index (χ4v) is 3.46. The number of nitrogens with one attached hydrogen (secondary N) is 1. The molecule has 4 rings (SSSR count). The van der Waals surface area contributed by atoms with Gasteiger partial charge in [-0.3, -0.25) is 0 Å². The maximum Gasteiger partial charge on any atom is 0.286 e. The molecule has 0 radical (unpaired) electrons. The molecule has 0 aliphatic rings. The quantitative estimate of drug-likeness (QED) is 0.545. The van der Waals surface area contributed by atoms with Crippen LogP contribution >= 0.6 is 0 Å². The fourth-order valence-electron chi connectivity index (χ4n) is 3.46. The van der Waals surface area contributed by atoms with Crippen LogP contribution in [0.25, 0.3) is 22.8 Å². The minimum absolute atomic E-state index is 0.240. The van der Waals surface area contributed by atoms with Gasteiger partial charge in [0.25, 0.3) is 5.82 Å². The van der Waals surface area contributed by atoms with Gasteiger partial charge in [-0.25, -0.2) is 14.5 Å². The molecule has 0 bridgehead atoms. The van der Waals surface area contributed by atoms with Gasteiger partial charge >= 0.3 is 0 Å². The number of aromatic nitrogens is 4. The third-order valence-electron chi connectivity index (χ3n) is 5.20. The highest BCUT2D eigenvalue weighted by molar-refractivity contribution is 5.56. The summed E-state index contributed by atoms with van der Waals surface area (Å²) < 4.78 is 4.25. The summed E-state index contributed by atoms with van der Waals surface area (Å²) in [5.41, 5.74) is 4.25. The van der Waals surface area contributed by atoms with Crippen LogP contribution in [0.15, 0.2) is 73.1 Å². The maximum atomic E-state index is 4.97. The highest BCUT2D eigenvalue weighted by Gasteiger charge is 2.33. The Morgan fingerprint density at radius 2 is 1.52 bits per heavy atom. The number of nitrogens with zero attached hydrogens (tertiary/aromatic N) is 3. The van der Waals surface area contributed by atoms with E-state index < -0.39 is 0 Å². The largest absolute Gasteiger partial charge is 0.334 e. The summed E-state index contributed by atoms with van der Waals surface area (Å²) >= 11 is 0. The molecule has 2 heterocycles. The van der Waals surface area contributed by atoms with Crippen LogP contribution in [0.2, 0.25) is 0 Å². The van der Waals surface area contributed by atoms with Gasteiger partial charge in [-0.05, 0) is 26.0 Å². The first kappa shape index (κ1) is 17.3. The second-order valence-electron chi connectivity index (χ2n) is 7.54. The number of hydrogen-bond acceptors (Lipinski definition) is 1. The van der Waals surface area contributed by atoms with Gasteiger partial charge < -0.3 is 4.57 Å². The van der Waals surface area contributed by atoms with Crippen LogP contribution in [0, 0.1) is 0 Å². The van der Waals surface area contributed by atoms with Crippen LogP contribution in [0.5, 0.6) is 0 Å². The normalized spacial score (nSPS) is 11.7. The summed E-state index contributed by atoms with van der Waals surface area (Å²) in [6.45, 7) is 4.43. The van der Waals surface area contributed by atoms with Gasteiger partial charge in [-0.2, -0.15) is 0 Å². The van der Waals surface area contributed by atoms with Crippen LogP contribution in [-0.4, -0.2) is 14.5 Å². The molecule has 136 valence electrons. The number of benzene rings is 2. The van der Waals surface area contributed by atoms with Gasteiger partial charge in [0.1, 0.15) is 12.0 Å². The van der Waals surface area contributed by atoms with E-state index in [9.17, 15) is 0 Å². The van der Waals surface area contributed by atoms with Crippen LogP contribution in [0.3, 0.4) is 0 Å². The average molecular weight is 357 g/mol. The number of H-pyrrole nitrogens is 1. The predicted octanol–water partition coefficient (Wildman–Crippen LogP) is 4.23. The molecule has 27 heavy (non-hydrogen) atoms. The molecule has 0 saturated carbocycles. The van der Waals surface area contributed by atoms with Crippen molar-refractivity contribution in [1.29, 1.82) is 0 Å². The SMILES string of the molecule is Cn1cc(C(C)(C)c2c[n+](C)c(-c3ccccc3)[nH]2)nc1-c1ccccc1. The summed E-state index contributed by atoms with van der Waals surface area (Å²) in [5, 5.41) is 0. The molecular weight excluding hydrogens is 332 g/mol. The molecule has 0 spiro atoms. The molecule has 0 amide bonds. The molecule has 4 heteroatoms. The fraction of sp³-hybridized carbons (Fsp3) is 0.217. The molecule has 1 N–H and O–H groups in total. The van der Waals surface area contributed by atoms with E-state index in [-0.39, 0.29) is 5.41 Å². The minimum Gasteiger partial charge on any atom is -0.334 e. The molecular formula is C23H25N4+. The van der Waals surface area contributed by atoms with Crippen molar-refractivity contribution in [3.63, 3.8) is 0 Å². The van der Waals surface area contributed by atoms with Crippen molar-refractivity contribution in [2.75, 3.05) is 0 Å². The molecule has 0 aliphatic heterocycles. The van der Waals surface area contributed by atoms with E-state index >= 15 is 0 Å². The number of imidazole rings is 2. The van der Waals surface area contributed by atoms with Crippen molar-refractivity contribution in [2.24, 2.45) is 14.1 Å². The number of hydrogen-bond donors (Lipinski definition) is 1. The third-order valence-corrected chi connectivity index (χ3v) is 5.20. The maximum absolute atomic E-state index is 4.97. The Hall–Kier alpha value is -3.14. The van der Waals surface area contributed by atoms with Crippen LogP contribution in [0.4, 0.5) is 0 Å². The summed E-state index contributed by atoms with van der Waals surface area (Å²) in [7, 11) is 4.13. The predicted molar refractivity (Wildman–Crippen MR) is 108 cm³/mol. The summed E-state index contributed by atoms with van der Waals surface area (Å²) in [6, 6.07) is 20.7. The van der Waals surface area contributed by atoms with Gasteiger partial charge in [0.2, 0.25) is 0 Å². The molecule has 0 atom stereocenters. The third kappa shape index (κ3) is 3.08. The van der Waals surface area contributed by atoms with Gasteiger partial charge in [0, 0.05) is 18.8 Å². The highest BCUT2D eigenvalue weighted by Crippen LogP contribution is 2.32. The second kappa shape index (κ2) is 6.54. The molecule has 2 aromatic carbocycles. The zero-order valence-corrected chi connectivity index (χ0v) is 16.3. The highest BCUT2D eigenvalue weighted by atomic mass is 15.1. The van der Waals surface area contributed by atoms with Crippen molar-refractivity contribution < 1.29 is 4.57 Å². The van der Waals surface area contributed by atoms with E-state index in [4.69, 9.17) is 4.98 Å². The van der Waals surface area contributed by atoms with Crippen molar-refractivity contribution in [1.82, 2.24) is 14.5 Å². The van der Waals surface area contributed by atoms with Gasteiger partial charge in [0.15, 0.2) is 5.69 Å². The standard InChI is InChI=1S/C23H24N4/c1-23(2,19-15-26(3)21(24-19)17-11-7-5-8-12-17)20-16-27(4)22(25-20)18-13-9-6-10-14-18/h5-16H,1-4H3/p+1. The van der Waals surface area contributed by atoms with Gasteiger partial charge in [0.05, 0.1) is 23.7 Å². The molecule has 0 aliphatic carbocycles. The topological polar surface area (TPSA) is 37.5 Å². The molecule has 0 saturated heterocycles. The number of rotatable bonds is 4. The summed E-state index contributed by atoms with van der Waals surface area (Å²) in [6.07, 6.45) is 4.30. The summed E-state index contributed by atoms with van der Waals surface area (Å²) in [5.74, 6) is 2.08. The van der Waals surface area contributed by atoms with Gasteiger partial charge in [-0.15, -0.1) is 0 Å². The molecule has 4 nitrogen and oxygen atoms in total. The van der Waals surface area contributed by atoms with E-state index in [0.717, 1.165) is 28.6 Å². The first-order valence-corrected chi connectivity index (χ1v) is 9.20. The minimum atomic E-state index is -0.240. The molecule has 2 aromatic heterocycles. The zero-order chi connectivity index (χ0) is 19.0. The van der Waals surface area contributed by atoms with E-state index in [2.05, 4.69) is 90.9 Å². The van der Waals surface area contributed by atoms with Crippen LogP contribution in [-0.2, 0) is 19.5 Å². The Morgan fingerprint density at radius 3 is 2.15 bits per heavy atom. The lowest BCUT2D eigenvalue weighted by Gasteiger charge is -2.17. The van der Waals surface area contributed by atoms with Gasteiger partial charge in [-0.1, -0.05) is 48.5 Å². The average Bonchev–Trinajstić information content (AvgIpc) is 3.27. The Kier molecular flexibility index (Phi) is 4.19. The summed E-state index contributed by atoms with van der Waals surface area (Å²) in [4.78, 5) is 8.59. The molecule has 0 fully saturated rings. The Bertz CT molecular complexity index is 971.